The lowest BCUT2D eigenvalue weighted by Crippen LogP contribution is -2.51. The van der Waals surface area contributed by atoms with Crippen LogP contribution >= 0.6 is 0 Å². The standard InChI is InChI=1S/C18H25N5O/c1-14(2)21-10-12-22(13-11-21)18(24)19-16-6-4-5-7-17(16)23-9-8-15(3)20-23/h4-9,14H,10-13H2,1-3H3,(H,19,24). The van der Waals surface area contributed by atoms with Gasteiger partial charge in [-0.2, -0.15) is 5.10 Å². The van der Waals surface area contributed by atoms with Crippen LogP contribution in [0.5, 0.6) is 0 Å². The number of hydrogen-bond acceptors (Lipinski definition) is 3. The summed E-state index contributed by atoms with van der Waals surface area (Å²) in [4.78, 5) is 16.9. The number of hydrogen-bond donors (Lipinski definition) is 1. The molecule has 0 unspecified atom stereocenters. The Morgan fingerprint density at radius 1 is 1.12 bits per heavy atom. The van der Waals surface area contributed by atoms with Crippen LogP contribution in [0, 0.1) is 6.92 Å². The van der Waals surface area contributed by atoms with Crippen LogP contribution < -0.4 is 5.32 Å². The van der Waals surface area contributed by atoms with Crippen molar-refractivity contribution < 1.29 is 4.79 Å². The molecule has 128 valence electrons. The Bertz CT molecular complexity index is 701. The Morgan fingerprint density at radius 3 is 2.46 bits per heavy atom. The third-order valence-electron chi connectivity index (χ3n) is 4.45. The third-order valence-corrected chi connectivity index (χ3v) is 4.45. The van der Waals surface area contributed by atoms with Gasteiger partial charge < -0.3 is 10.2 Å². The molecule has 0 atom stereocenters. The number of amides is 2. The monoisotopic (exact) mass is 327 g/mol. The van der Waals surface area contributed by atoms with Crippen molar-refractivity contribution in [3.05, 3.63) is 42.2 Å². The molecule has 0 bridgehead atoms. The molecule has 6 heteroatoms. The lowest BCUT2D eigenvalue weighted by molar-refractivity contribution is 0.125. The van der Waals surface area contributed by atoms with Gasteiger partial charge in [-0.25, -0.2) is 9.48 Å². The summed E-state index contributed by atoms with van der Waals surface area (Å²) in [6.07, 6.45) is 1.90. The van der Waals surface area contributed by atoms with Gasteiger partial charge in [0.15, 0.2) is 0 Å². The van der Waals surface area contributed by atoms with E-state index in [9.17, 15) is 4.79 Å². The fraction of sp³-hybridized carbons (Fsp3) is 0.444. The van der Waals surface area contributed by atoms with Crippen LogP contribution in [0.4, 0.5) is 10.5 Å². The Balaban J connectivity index is 1.69. The minimum atomic E-state index is -0.0465. The van der Waals surface area contributed by atoms with E-state index in [1.807, 2.05) is 48.4 Å². The minimum absolute atomic E-state index is 0.0465. The van der Waals surface area contributed by atoms with E-state index in [2.05, 4.69) is 29.2 Å². The SMILES string of the molecule is Cc1ccn(-c2ccccc2NC(=O)N2CCN(C(C)C)CC2)n1. The van der Waals surface area contributed by atoms with Gasteiger partial charge in [0.2, 0.25) is 0 Å². The number of carbonyl (C=O) groups excluding carboxylic acids is 1. The van der Waals surface area contributed by atoms with Crippen molar-refractivity contribution in [1.29, 1.82) is 0 Å². The largest absolute Gasteiger partial charge is 0.322 e. The first kappa shape index (κ1) is 16.5. The van der Waals surface area contributed by atoms with Gasteiger partial charge in [-0.15, -0.1) is 0 Å². The molecule has 1 aliphatic heterocycles. The fourth-order valence-electron chi connectivity index (χ4n) is 2.96. The number of nitrogens with one attached hydrogen (secondary N) is 1. The maximum absolute atomic E-state index is 12.6. The molecule has 24 heavy (non-hydrogen) atoms. The molecule has 1 aromatic carbocycles. The molecule has 1 saturated heterocycles. The van der Waals surface area contributed by atoms with E-state index >= 15 is 0 Å². The van der Waals surface area contributed by atoms with E-state index in [4.69, 9.17) is 0 Å². The molecule has 1 N–H and O–H groups in total. The summed E-state index contributed by atoms with van der Waals surface area (Å²) in [5, 5.41) is 7.48. The van der Waals surface area contributed by atoms with Gasteiger partial charge in [0.1, 0.15) is 0 Å². The van der Waals surface area contributed by atoms with Crippen molar-refractivity contribution >= 4 is 11.7 Å². The van der Waals surface area contributed by atoms with Gasteiger partial charge in [0, 0.05) is 38.4 Å². The van der Waals surface area contributed by atoms with Crippen LogP contribution in [-0.2, 0) is 0 Å². The van der Waals surface area contributed by atoms with Gasteiger partial charge in [-0.1, -0.05) is 12.1 Å². The van der Waals surface area contributed by atoms with E-state index in [1.54, 1.807) is 4.68 Å². The predicted octanol–water partition coefficient (Wildman–Crippen LogP) is 2.74. The maximum atomic E-state index is 12.6. The van der Waals surface area contributed by atoms with Crippen molar-refractivity contribution in [3.63, 3.8) is 0 Å². The number of rotatable bonds is 3. The Morgan fingerprint density at radius 2 is 1.83 bits per heavy atom. The highest BCUT2D eigenvalue weighted by Gasteiger charge is 2.23. The van der Waals surface area contributed by atoms with Gasteiger partial charge in [0.25, 0.3) is 0 Å². The zero-order valence-corrected chi connectivity index (χ0v) is 14.6. The normalized spacial score (nSPS) is 15.8. The van der Waals surface area contributed by atoms with Crippen molar-refractivity contribution in [2.75, 3.05) is 31.5 Å². The summed E-state index contributed by atoms with van der Waals surface area (Å²) in [6, 6.07) is 10.2. The summed E-state index contributed by atoms with van der Waals surface area (Å²) >= 11 is 0. The molecule has 6 nitrogen and oxygen atoms in total. The average molecular weight is 327 g/mol. The van der Waals surface area contributed by atoms with Gasteiger partial charge >= 0.3 is 6.03 Å². The number of para-hydroxylation sites is 2. The Hall–Kier alpha value is -2.34. The molecule has 2 amide bonds. The minimum Gasteiger partial charge on any atom is -0.322 e. The summed E-state index contributed by atoms with van der Waals surface area (Å²) in [5.74, 6) is 0. The van der Waals surface area contributed by atoms with Crippen molar-refractivity contribution in [2.45, 2.75) is 26.8 Å². The predicted molar refractivity (Wildman–Crippen MR) is 95.6 cm³/mol. The van der Waals surface area contributed by atoms with Crippen molar-refractivity contribution in [3.8, 4) is 5.69 Å². The number of carbonyl (C=O) groups is 1. The quantitative estimate of drug-likeness (QED) is 0.943. The third kappa shape index (κ3) is 3.59. The van der Waals surface area contributed by atoms with E-state index in [-0.39, 0.29) is 6.03 Å². The lowest BCUT2D eigenvalue weighted by Gasteiger charge is -2.36. The molecular formula is C18H25N5O. The topological polar surface area (TPSA) is 53.4 Å². The zero-order chi connectivity index (χ0) is 17.1. The molecule has 0 spiro atoms. The van der Waals surface area contributed by atoms with Gasteiger partial charge in [-0.3, -0.25) is 4.90 Å². The van der Waals surface area contributed by atoms with E-state index in [1.165, 1.54) is 0 Å². The molecule has 2 heterocycles. The van der Waals surface area contributed by atoms with Crippen LogP contribution in [0.2, 0.25) is 0 Å². The number of aryl methyl sites for hydroxylation is 1. The van der Waals surface area contributed by atoms with Crippen LogP contribution in [0.25, 0.3) is 5.69 Å². The highest BCUT2D eigenvalue weighted by molar-refractivity contribution is 5.91. The van der Waals surface area contributed by atoms with E-state index < -0.39 is 0 Å². The van der Waals surface area contributed by atoms with Crippen LogP contribution in [0.3, 0.4) is 0 Å². The second kappa shape index (κ2) is 7.05. The van der Waals surface area contributed by atoms with E-state index in [0.29, 0.717) is 6.04 Å². The number of nitrogens with zero attached hydrogens (tertiary/aromatic N) is 4. The van der Waals surface area contributed by atoms with Crippen LogP contribution in [0.15, 0.2) is 36.5 Å². The highest BCUT2D eigenvalue weighted by Crippen LogP contribution is 2.20. The molecule has 1 aliphatic rings. The first-order chi connectivity index (χ1) is 11.5. The summed E-state index contributed by atoms with van der Waals surface area (Å²) < 4.78 is 1.79. The second-order valence-electron chi connectivity index (χ2n) is 6.47. The molecule has 0 aliphatic carbocycles. The van der Waals surface area contributed by atoms with Gasteiger partial charge in [0.05, 0.1) is 17.1 Å². The molecule has 0 radical (unpaired) electrons. The first-order valence-electron chi connectivity index (χ1n) is 8.46. The number of piperazine rings is 1. The molecule has 2 aromatic rings. The smallest absolute Gasteiger partial charge is 0.321 e. The van der Waals surface area contributed by atoms with Crippen molar-refractivity contribution in [2.24, 2.45) is 0 Å². The summed E-state index contributed by atoms with van der Waals surface area (Å²) in [5.41, 5.74) is 2.59. The highest BCUT2D eigenvalue weighted by atomic mass is 16.2. The number of benzene rings is 1. The average Bonchev–Trinajstić information content (AvgIpc) is 3.01. The molecule has 1 fully saturated rings. The Kier molecular flexibility index (Phi) is 4.85. The molecule has 1 aromatic heterocycles. The number of aromatic nitrogens is 2. The molecule has 3 rings (SSSR count). The Labute approximate surface area is 143 Å². The van der Waals surface area contributed by atoms with Crippen molar-refractivity contribution in [1.82, 2.24) is 19.6 Å². The van der Waals surface area contributed by atoms with Gasteiger partial charge in [-0.05, 0) is 39.0 Å². The number of urea groups is 1. The summed E-state index contributed by atoms with van der Waals surface area (Å²) in [7, 11) is 0. The molecular weight excluding hydrogens is 302 g/mol. The lowest BCUT2D eigenvalue weighted by atomic mass is 10.2. The van der Waals surface area contributed by atoms with Crippen LogP contribution in [-0.4, -0.2) is 57.8 Å². The first-order valence-corrected chi connectivity index (χ1v) is 8.46. The second-order valence-corrected chi connectivity index (χ2v) is 6.47. The fourth-order valence-corrected chi connectivity index (χ4v) is 2.96. The zero-order valence-electron chi connectivity index (χ0n) is 14.6. The van der Waals surface area contributed by atoms with Crippen LogP contribution in [0.1, 0.15) is 19.5 Å². The number of anilines is 1. The molecule has 0 saturated carbocycles. The maximum Gasteiger partial charge on any atom is 0.321 e. The van der Waals surface area contributed by atoms with E-state index in [0.717, 1.165) is 43.2 Å². The summed E-state index contributed by atoms with van der Waals surface area (Å²) in [6.45, 7) is 9.69.